The molecule has 0 spiro atoms. The first kappa shape index (κ1) is 12.0. The standard InChI is InChI=1S/C15H23N3/c16-11-13-5-1-2-6-15(13)18-10-7-14(12-18)17-8-3-4-9-17/h1-2,5-6,14H,3-4,7-12,16H2. The van der Waals surface area contributed by atoms with Gasteiger partial charge >= 0.3 is 0 Å². The van der Waals surface area contributed by atoms with Crippen LogP contribution in [-0.4, -0.2) is 37.1 Å². The first-order valence-electron chi connectivity index (χ1n) is 7.15. The summed E-state index contributed by atoms with van der Waals surface area (Å²) in [6.07, 6.45) is 4.07. The second-order valence-electron chi connectivity index (χ2n) is 5.46. The molecule has 2 heterocycles. The van der Waals surface area contributed by atoms with Crippen molar-refractivity contribution in [3.63, 3.8) is 0 Å². The number of hydrogen-bond donors (Lipinski definition) is 1. The lowest BCUT2D eigenvalue weighted by Crippen LogP contribution is -2.35. The summed E-state index contributed by atoms with van der Waals surface area (Å²) in [7, 11) is 0. The lowest BCUT2D eigenvalue weighted by atomic mass is 10.1. The third-order valence-electron chi connectivity index (χ3n) is 4.37. The summed E-state index contributed by atoms with van der Waals surface area (Å²) in [4.78, 5) is 5.19. The number of para-hydroxylation sites is 1. The Morgan fingerprint density at radius 2 is 1.89 bits per heavy atom. The molecule has 0 amide bonds. The highest BCUT2D eigenvalue weighted by Crippen LogP contribution is 2.27. The van der Waals surface area contributed by atoms with Crippen molar-refractivity contribution < 1.29 is 0 Å². The van der Waals surface area contributed by atoms with Gasteiger partial charge in [-0.15, -0.1) is 0 Å². The fourth-order valence-corrected chi connectivity index (χ4v) is 3.36. The molecule has 0 aromatic heterocycles. The van der Waals surface area contributed by atoms with Crippen LogP contribution in [0.5, 0.6) is 0 Å². The van der Waals surface area contributed by atoms with Gasteiger partial charge in [-0.25, -0.2) is 0 Å². The van der Waals surface area contributed by atoms with E-state index in [0.29, 0.717) is 6.54 Å². The third-order valence-corrected chi connectivity index (χ3v) is 4.37. The van der Waals surface area contributed by atoms with Crippen LogP contribution in [0, 0.1) is 0 Å². The van der Waals surface area contributed by atoms with Gasteiger partial charge in [0.25, 0.3) is 0 Å². The normalized spacial score (nSPS) is 24.9. The van der Waals surface area contributed by atoms with Gasteiger partial charge in [-0.05, 0) is 44.0 Å². The van der Waals surface area contributed by atoms with Gasteiger partial charge in [0.15, 0.2) is 0 Å². The Morgan fingerprint density at radius 1 is 1.11 bits per heavy atom. The van der Waals surface area contributed by atoms with Crippen molar-refractivity contribution in [1.82, 2.24) is 4.90 Å². The topological polar surface area (TPSA) is 32.5 Å². The molecular weight excluding hydrogens is 222 g/mol. The molecule has 2 saturated heterocycles. The Bertz CT molecular complexity index is 398. The van der Waals surface area contributed by atoms with Gasteiger partial charge in [-0.3, -0.25) is 4.90 Å². The summed E-state index contributed by atoms with van der Waals surface area (Å²) >= 11 is 0. The van der Waals surface area contributed by atoms with Crippen LogP contribution in [0.4, 0.5) is 5.69 Å². The molecule has 2 fully saturated rings. The van der Waals surface area contributed by atoms with Crippen molar-refractivity contribution in [2.24, 2.45) is 5.73 Å². The maximum absolute atomic E-state index is 5.84. The summed E-state index contributed by atoms with van der Waals surface area (Å²) in [5.74, 6) is 0. The molecule has 0 radical (unpaired) electrons. The largest absolute Gasteiger partial charge is 0.370 e. The van der Waals surface area contributed by atoms with E-state index in [0.717, 1.165) is 6.04 Å². The van der Waals surface area contributed by atoms with Gasteiger partial charge in [0.05, 0.1) is 0 Å². The van der Waals surface area contributed by atoms with Crippen LogP contribution in [-0.2, 0) is 6.54 Å². The number of anilines is 1. The molecule has 2 N–H and O–H groups in total. The van der Waals surface area contributed by atoms with Crippen molar-refractivity contribution in [3.05, 3.63) is 29.8 Å². The lowest BCUT2D eigenvalue weighted by Gasteiger charge is -2.25. The van der Waals surface area contributed by atoms with Crippen molar-refractivity contribution >= 4 is 5.69 Å². The van der Waals surface area contributed by atoms with Gasteiger partial charge in [-0.2, -0.15) is 0 Å². The number of hydrogen-bond acceptors (Lipinski definition) is 3. The molecule has 3 rings (SSSR count). The third kappa shape index (κ3) is 2.25. The Hall–Kier alpha value is -1.06. The Morgan fingerprint density at radius 3 is 2.67 bits per heavy atom. The Kier molecular flexibility index (Phi) is 3.52. The van der Waals surface area contributed by atoms with E-state index in [9.17, 15) is 0 Å². The maximum atomic E-state index is 5.84. The van der Waals surface area contributed by atoms with E-state index in [1.807, 2.05) is 0 Å². The fraction of sp³-hybridized carbons (Fsp3) is 0.600. The molecule has 2 aliphatic heterocycles. The molecule has 98 valence electrons. The molecule has 3 nitrogen and oxygen atoms in total. The smallest absolute Gasteiger partial charge is 0.0412 e. The van der Waals surface area contributed by atoms with E-state index in [4.69, 9.17) is 5.73 Å². The zero-order valence-corrected chi connectivity index (χ0v) is 11.0. The molecule has 0 bridgehead atoms. The molecule has 1 unspecified atom stereocenters. The van der Waals surface area contributed by atoms with E-state index >= 15 is 0 Å². The van der Waals surface area contributed by atoms with Crippen molar-refractivity contribution in [2.45, 2.75) is 31.8 Å². The minimum Gasteiger partial charge on any atom is -0.370 e. The summed E-state index contributed by atoms with van der Waals surface area (Å²) in [5.41, 5.74) is 8.46. The first-order chi connectivity index (χ1) is 8.88. The van der Waals surface area contributed by atoms with E-state index < -0.39 is 0 Å². The Balaban J connectivity index is 1.71. The molecular formula is C15H23N3. The molecule has 1 atom stereocenters. The number of nitrogens with two attached hydrogens (primary N) is 1. The number of rotatable bonds is 3. The van der Waals surface area contributed by atoms with Crippen LogP contribution >= 0.6 is 0 Å². The van der Waals surface area contributed by atoms with Gasteiger partial charge in [0, 0.05) is 31.4 Å². The zero-order chi connectivity index (χ0) is 12.4. The molecule has 18 heavy (non-hydrogen) atoms. The Labute approximate surface area is 110 Å². The average molecular weight is 245 g/mol. The maximum Gasteiger partial charge on any atom is 0.0412 e. The van der Waals surface area contributed by atoms with E-state index in [-0.39, 0.29) is 0 Å². The average Bonchev–Trinajstić information content (AvgIpc) is 3.09. The fourth-order valence-electron chi connectivity index (χ4n) is 3.36. The minimum absolute atomic E-state index is 0.640. The molecule has 1 aromatic rings. The highest BCUT2D eigenvalue weighted by atomic mass is 15.3. The molecule has 0 saturated carbocycles. The van der Waals surface area contributed by atoms with E-state index in [1.54, 1.807) is 0 Å². The van der Waals surface area contributed by atoms with Crippen LogP contribution < -0.4 is 10.6 Å². The number of nitrogens with zero attached hydrogens (tertiary/aromatic N) is 2. The van der Waals surface area contributed by atoms with Crippen LogP contribution in [0.1, 0.15) is 24.8 Å². The quantitative estimate of drug-likeness (QED) is 0.881. The zero-order valence-electron chi connectivity index (χ0n) is 11.0. The molecule has 0 aliphatic carbocycles. The second kappa shape index (κ2) is 5.29. The predicted molar refractivity (Wildman–Crippen MR) is 75.8 cm³/mol. The van der Waals surface area contributed by atoms with Crippen LogP contribution in [0.2, 0.25) is 0 Å². The van der Waals surface area contributed by atoms with Crippen molar-refractivity contribution in [2.75, 3.05) is 31.1 Å². The summed E-state index contributed by atoms with van der Waals surface area (Å²) in [6, 6.07) is 9.34. The van der Waals surface area contributed by atoms with E-state index in [2.05, 4.69) is 34.1 Å². The highest BCUT2D eigenvalue weighted by molar-refractivity contribution is 5.54. The van der Waals surface area contributed by atoms with Gasteiger partial charge in [0.1, 0.15) is 0 Å². The monoisotopic (exact) mass is 245 g/mol. The van der Waals surface area contributed by atoms with Crippen LogP contribution in [0.15, 0.2) is 24.3 Å². The minimum atomic E-state index is 0.640. The predicted octanol–water partition coefficient (Wildman–Crippen LogP) is 1.82. The highest BCUT2D eigenvalue weighted by Gasteiger charge is 2.29. The number of likely N-dealkylation sites (tertiary alicyclic amines) is 1. The number of benzene rings is 1. The lowest BCUT2D eigenvalue weighted by molar-refractivity contribution is 0.260. The second-order valence-corrected chi connectivity index (χ2v) is 5.46. The SMILES string of the molecule is NCc1ccccc1N1CCC(N2CCCC2)C1. The molecule has 1 aromatic carbocycles. The van der Waals surface area contributed by atoms with Crippen molar-refractivity contribution in [1.29, 1.82) is 0 Å². The summed E-state index contributed by atoms with van der Waals surface area (Å²) in [6.45, 7) is 5.60. The summed E-state index contributed by atoms with van der Waals surface area (Å²) < 4.78 is 0. The van der Waals surface area contributed by atoms with Crippen LogP contribution in [0.3, 0.4) is 0 Å². The van der Waals surface area contributed by atoms with Gasteiger partial charge in [-0.1, -0.05) is 18.2 Å². The van der Waals surface area contributed by atoms with Gasteiger partial charge < -0.3 is 10.6 Å². The van der Waals surface area contributed by atoms with Gasteiger partial charge in [0.2, 0.25) is 0 Å². The molecule has 3 heteroatoms. The van der Waals surface area contributed by atoms with E-state index in [1.165, 1.54) is 56.7 Å². The van der Waals surface area contributed by atoms with Crippen LogP contribution in [0.25, 0.3) is 0 Å². The van der Waals surface area contributed by atoms with Crippen molar-refractivity contribution in [3.8, 4) is 0 Å². The first-order valence-corrected chi connectivity index (χ1v) is 7.15. The summed E-state index contributed by atoms with van der Waals surface area (Å²) in [5, 5.41) is 0. The molecule has 2 aliphatic rings.